The van der Waals surface area contributed by atoms with Gasteiger partial charge in [-0.25, -0.2) is 5.01 Å². The molecule has 0 aromatic heterocycles. The molecule has 0 radical (unpaired) electrons. The van der Waals surface area contributed by atoms with E-state index in [-0.39, 0.29) is 5.91 Å². The Bertz CT molecular complexity index is 537. The second-order valence-electron chi connectivity index (χ2n) is 6.36. The molecular weight excluding hydrogens is 274 g/mol. The van der Waals surface area contributed by atoms with Crippen LogP contribution in [0.15, 0.2) is 35.4 Å². The highest BCUT2D eigenvalue weighted by Crippen LogP contribution is 2.29. The van der Waals surface area contributed by atoms with E-state index in [2.05, 4.69) is 29.1 Å². The summed E-state index contributed by atoms with van der Waals surface area (Å²) >= 11 is 0. The Labute approximate surface area is 132 Å². The van der Waals surface area contributed by atoms with Crippen molar-refractivity contribution in [3.05, 3.63) is 35.9 Å². The number of carbonyl (C=O) groups is 1. The molecule has 1 fully saturated rings. The third-order valence-corrected chi connectivity index (χ3v) is 4.31. The van der Waals surface area contributed by atoms with E-state index in [9.17, 15) is 4.79 Å². The van der Waals surface area contributed by atoms with Crippen LogP contribution in [0.4, 0.5) is 0 Å². The molecule has 0 unspecified atom stereocenters. The van der Waals surface area contributed by atoms with Gasteiger partial charge < -0.3 is 0 Å². The summed E-state index contributed by atoms with van der Waals surface area (Å²) in [4.78, 5) is 14.8. The predicted octanol–water partition coefficient (Wildman–Crippen LogP) is 2.75. The van der Waals surface area contributed by atoms with Gasteiger partial charge in [-0.15, -0.1) is 0 Å². The topological polar surface area (TPSA) is 35.9 Å². The Hall–Kier alpha value is -1.68. The van der Waals surface area contributed by atoms with Crippen molar-refractivity contribution in [3.8, 4) is 0 Å². The number of carbonyl (C=O) groups excluding carboxylic acids is 1. The molecule has 22 heavy (non-hydrogen) atoms. The average molecular weight is 299 g/mol. The van der Waals surface area contributed by atoms with Gasteiger partial charge in [-0.05, 0) is 37.3 Å². The van der Waals surface area contributed by atoms with Gasteiger partial charge in [0.25, 0.3) is 5.91 Å². The van der Waals surface area contributed by atoms with Crippen LogP contribution < -0.4 is 0 Å². The van der Waals surface area contributed by atoms with Crippen molar-refractivity contribution in [3.63, 3.8) is 0 Å². The molecule has 0 bridgehead atoms. The summed E-state index contributed by atoms with van der Waals surface area (Å²) in [5, 5.41) is 6.20. The first-order valence-electron chi connectivity index (χ1n) is 8.42. The largest absolute Gasteiger partial charge is 0.294 e. The first kappa shape index (κ1) is 15.2. The quantitative estimate of drug-likeness (QED) is 0.776. The van der Waals surface area contributed by atoms with Gasteiger partial charge in [0.1, 0.15) is 0 Å². The van der Waals surface area contributed by atoms with Crippen LogP contribution in [0.5, 0.6) is 0 Å². The van der Waals surface area contributed by atoms with E-state index in [0.717, 1.165) is 43.1 Å². The summed E-state index contributed by atoms with van der Waals surface area (Å²) in [5.74, 6) is 0.960. The summed E-state index contributed by atoms with van der Waals surface area (Å²) in [6, 6.07) is 10.1. The van der Waals surface area contributed by atoms with Crippen LogP contribution in [0.25, 0.3) is 0 Å². The molecule has 0 spiro atoms. The summed E-state index contributed by atoms with van der Waals surface area (Å²) < 4.78 is 0. The molecule has 1 saturated carbocycles. The molecule has 1 aromatic rings. The lowest BCUT2D eigenvalue weighted by molar-refractivity contribution is -0.132. The normalized spacial score (nSPS) is 17.9. The van der Waals surface area contributed by atoms with Crippen LogP contribution in [-0.4, -0.2) is 47.7 Å². The standard InChI is InChI=1S/C18H25N3O/c1-2-11-20(13-15-8-9-15)14-18(22)21-12-10-17(19-21)16-6-4-3-5-7-16/h3-7,15H,2,8-14H2,1H3. The highest BCUT2D eigenvalue weighted by Gasteiger charge is 2.27. The Morgan fingerprint density at radius 1 is 1.32 bits per heavy atom. The van der Waals surface area contributed by atoms with Gasteiger partial charge in [0.15, 0.2) is 0 Å². The maximum Gasteiger partial charge on any atom is 0.256 e. The Morgan fingerprint density at radius 2 is 2.09 bits per heavy atom. The zero-order valence-electron chi connectivity index (χ0n) is 13.4. The van der Waals surface area contributed by atoms with Crippen molar-refractivity contribution in [1.29, 1.82) is 0 Å². The van der Waals surface area contributed by atoms with Crippen molar-refractivity contribution < 1.29 is 4.79 Å². The minimum atomic E-state index is 0.139. The fourth-order valence-electron chi connectivity index (χ4n) is 2.96. The van der Waals surface area contributed by atoms with E-state index in [1.165, 1.54) is 12.8 Å². The van der Waals surface area contributed by atoms with Crippen LogP contribution in [0.1, 0.15) is 38.2 Å². The van der Waals surface area contributed by atoms with Gasteiger partial charge >= 0.3 is 0 Å². The summed E-state index contributed by atoms with van der Waals surface area (Å²) in [6.07, 6.45) is 4.60. The molecule has 0 N–H and O–H groups in total. The fraction of sp³-hybridized carbons (Fsp3) is 0.556. The molecule has 1 aliphatic heterocycles. The first-order valence-corrected chi connectivity index (χ1v) is 8.42. The van der Waals surface area contributed by atoms with Gasteiger partial charge in [-0.1, -0.05) is 37.3 Å². The van der Waals surface area contributed by atoms with Crippen LogP contribution in [0.3, 0.4) is 0 Å². The Kier molecular flexibility index (Phi) is 4.88. The maximum absolute atomic E-state index is 12.5. The molecular formula is C18H25N3O. The molecule has 118 valence electrons. The van der Waals surface area contributed by atoms with Crippen molar-refractivity contribution in [2.45, 2.75) is 32.6 Å². The highest BCUT2D eigenvalue weighted by atomic mass is 16.2. The lowest BCUT2D eigenvalue weighted by atomic mass is 10.1. The van der Waals surface area contributed by atoms with E-state index in [0.29, 0.717) is 13.1 Å². The van der Waals surface area contributed by atoms with Gasteiger partial charge in [0.2, 0.25) is 0 Å². The number of benzene rings is 1. The third kappa shape index (κ3) is 3.95. The zero-order chi connectivity index (χ0) is 15.4. The number of rotatable bonds is 7. The molecule has 0 saturated heterocycles. The van der Waals surface area contributed by atoms with Crippen LogP contribution >= 0.6 is 0 Å². The molecule has 1 amide bonds. The van der Waals surface area contributed by atoms with E-state index in [1.54, 1.807) is 5.01 Å². The number of amides is 1. The molecule has 1 aromatic carbocycles. The summed E-state index contributed by atoms with van der Waals surface area (Å²) in [5.41, 5.74) is 2.15. The number of nitrogens with zero attached hydrogens (tertiary/aromatic N) is 3. The number of hydrogen-bond acceptors (Lipinski definition) is 3. The van der Waals surface area contributed by atoms with Gasteiger partial charge in [0.05, 0.1) is 18.8 Å². The lowest BCUT2D eigenvalue weighted by Gasteiger charge is -2.22. The first-order chi connectivity index (χ1) is 10.8. The van der Waals surface area contributed by atoms with E-state index >= 15 is 0 Å². The minimum Gasteiger partial charge on any atom is -0.294 e. The van der Waals surface area contributed by atoms with Crippen molar-refractivity contribution in [2.24, 2.45) is 11.0 Å². The molecule has 4 heteroatoms. The summed E-state index contributed by atoms with van der Waals surface area (Å²) in [7, 11) is 0. The molecule has 4 nitrogen and oxygen atoms in total. The SMILES string of the molecule is CCCN(CC(=O)N1CCC(c2ccccc2)=N1)CC1CC1. The molecule has 3 rings (SSSR count). The van der Waals surface area contributed by atoms with E-state index < -0.39 is 0 Å². The lowest BCUT2D eigenvalue weighted by Crippen LogP contribution is -2.38. The number of hydrogen-bond donors (Lipinski definition) is 0. The maximum atomic E-state index is 12.5. The van der Waals surface area contributed by atoms with Gasteiger partial charge in [-0.2, -0.15) is 5.10 Å². The van der Waals surface area contributed by atoms with Gasteiger partial charge in [-0.3, -0.25) is 9.69 Å². The fourth-order valence-corrected chi connectivity index (χ4v) is 2.96. The minimum absolute atomic E-state index is 0.139. The smallest absolute Gasteiger partial charge is 0.256 e. The van der Waals surface area contributed by atoms with Crippen molar-refractivity contribution in [2.75, 3.05) is 26.2 Å². The van der Waals surface area contributed by atoms with E-state index in [1.807, 2.05) is 18.2 Å². The Morgan fingerprint density at radius 3 is 2.77 bits per heavy atom. The van der Waals surface area contributed by atoms with Crippen LogP contribution in [-0.2, 0) is 4.79 Å². The Balaban J connectivity index is 1.58. The second kappa shape index (κ2) is 7.05. The second-order valence-corrected chi connectivity index (χ2v) is 6.36. The highest BCUT2D eigenvalue weighted by molar-refractivity contribution is 6.02. The van der Waals surface area contributed by atoms with Gasteiger partial charge in [0, 0.05) is 13.0 Å². The average Bonchev–Trinajstić information content (AvgIpc) is 3.20. The zero-order valence-corrected chi connectivity index (χ0v) is 13.4. The monoisotopic (exact) mass is 299 g/mol. The van der Waals surface area contributed by atoms with Crippen molar-refractivity contribution in [1.82, 2.24) is 9.91 Å². The molecule has 1 heterocycles. The van der Waals surface area contributed by atoms with Crippen LogP contribution in [0, 0.1) is 5.92 Å². The van der Waals surface area contributed by atoms with E-state index in [4.69, 9.17) is 0 Å². The molecule has 2 aliphatic rings. The third-order valence-electron chi connectivity index (χ3n) is 4.31. The molecule has 0 atom stereocenters. The predicted molar refractivity (Wildman–Crippen MR) is 88.8 cm³/mol. The number of hydrazone groups is 1. The summed E-state index contributed by atoms with van der Waals surface area (Å²) in [6.45, 7) is 5.47. The molecule has 1 aliphatic carbocycles. The van der Waals surface area contributed by atoms with Crippen molar-refractivity contribution >= 4 is 11.6 Å². The van der Waals surface area contributed by atoms with Crippen LogP contribution in [0.2, 0.25) is 0 Å².